The number of hydrogen-bond acceptors (Lipinski definition) is 3. The van der Waals surface area contributed by atoms with Gasteiger partial charge >= 0.3 is 0 Å². The summed E-state index contributed by atoms with van der Waals surface area (Å²) in [6.45, 7) is 0.573. The van der Waals surface area contributed by atoms with Crippen LogP contribution in [0.15, 0.2) is 40.8 Å². The molecular weight excluding hydrogens is 331 g/mol. The molecule has 24 heavy (non-hydrogen) atoms. The van der Waals surface area contributed by atoms with Crippen molar-refractivity contribution in [1.82, 2.24) is 5.32 Å². The predicted octanol–water partition coefficient (Wildman–Crippen LogP) is 3.75. The molecule has 1 heterocycles. The topological polar surface area (TPSA) is 68.3 Å². The number of amides is 1. The first-order chi connectivity index (χ1) is 11.2. The zero-order chi connectivity index (χ0) is 16.2. The van der Waals surface area contributed by atoms with Crippen molar-refractivity contribution in [2.45, 2.75) is 31.7 Å². The van der Waals surface area contributed by atoms with Crippen molar-refractivity contribution in [2.24, 2.45) is 11.7 Å². The van der Waals surface area contributed by atoms with Gasteiger partial charge in [0.1, 0.15) is 11.6 Å². The van der Waals surface area contributed by atoms with Crippen molar-refractivity contribution in [3.05, 3.63) is 48.0 Å². The maximum atomic E-state index is 13.8. The lowest BCUT2D eigenvalue weighted by Gasteiger charge is -2.30. The molecule has 0 spiro atoms. The highest BCUT2D eigenvalue weighted by Crippen LogP contribution is 2.26. The summed E-state index contributed by atoms with van der Waals surface area (Å²) >= 11 is 0. The summed E-state index contributed by atoms with van der Waals surface area (Å²) < 4.78 is 19.3. The van der Waals surface area contributed by atoms with E-state index in [0.717, 1.165) is 25.7 Å². The van der Waals surface area contributed by atoms with Gasteiger partial charge in [0.25, 0.3) is 5.91 Å². The highest BCUT2D eigenvalue weighted by atomic mass is 35.5. The molecule has 2 unspecified atom stereocenters. The zero-order valence-electron chi connectivity index (χ0n) is 13.3. The Kier molecular flexibility index (Phi) is 6.40. The number of nitrogens with one attached hydrogen (secondary N) is 1. The van der Waals surface area contributed by atoms with Gasteiger partial charge < -0.3 is 15.5 Å². The number of rotatable bonds is 4. The molecule has 130 valence electrons. The third-order valence-electron chi connectivity index (χ3n) is 4.50. The Morgan fingerprint density at radius 3 is 2.71 bits per heavy atom. The molecule has 0 saturated heterocycles. The van der Waals surface area contributed by atoms with Crippen molar-refractivity contribution in [3.63, 3.8) is 0 Å². The summed E-state index contributed by atoms with van der Waals surface area (Å²) in [5.41, 5.74) is 6.14. The third kappa shape index (κ3) is 3.97. The van der Waals surface area contributed by atoms with Gasteiger partial charge in [0.05, 0.1) is 5.56 Å². The van der Waals surface area contributed by atoms with Crippen molar-refractivity contribution >= 4 is 18.3 Å². The molecule has 2 aromatic rings. The van der Waals surface area contributed by atoms with Crippen LogP contribution in [0.2, 0.25) is 0 Å². The van der Waals surface area contributed by atoms with Gasteiger partial charge in [-0.1, -0.05) is 25.0 Å². The molecule has 2 atom stereocenters. The highest BCUT2D eigenvalue weighted by molar-refractivity contribution is 5.92. The van der Waals surface area contributed by atoms with Crippen molar-refractivity contribution in [1.29, 1.82) is 0 Å². The predicted molar refractivity (Wildman–Crippen MR) is 93.6 cm³/mol. The molecule has 1 fully saturated rings. The summed E-state index contributed by atoms with van der Waals surface area (Å²) in [6.07, 6.45) is 4.24. The summed E-state index contributed by atoms with van der Waals surface area (Å²) in [7, 11) is 0. The molecule has 0 radical (unpaired) electrons. The molecule has 1 aliphatic carbocycles. The summed E-state index contributed by atoms with van der Waals surface area (Å²) in [6, 6.07) is 9.63. The van der Waals surface area contributed by atoms with E-state index >= 15 is 0 Å². The van der Waals surface area contributed by atoms with E-state index in [1.807, 2.05) is 0 Å². The summed E-state index contributed by atoms with van der Waals surface area (Å²) in [5.74, 6) is 0.229. The van der Waals surface area contributed by atoms with Crippen LogP contribution < -0.4 is 11.1 Å². The van der Waals surface area contributed by atoms with Crippen LogP contribution in [0.3, 0.4) is 0 Å². The molecule has 3 rings (SSSR count). The van der Waals surface area contributed by atoms with Crippen LogP contribution in [0, 0.1) is 11.7 Å². The van der Waals surface area contributed by atoms with Crippen LogP contribution in [-0.4, -0.2) is 18.5 Å². The van der Waals surface area contributed by atoms with Gasteiger partial charge in [-0.15, -0.1) is 12.4 Å². The lowest BCUT2D eigenvalue weighted by atomic mass is 9.84. The van der Waals surface area contributed by atoms with E-state index in [4.69, 9.17) is 10.2 Å². The number of hydrogen-bond donors (Lipinski definition) is 2. The largest absolute Gasteiger partial charge is 0.451 e. The van der Waals surface area contributed by atoms with E-state index in [2.05, 4.69) is 5.32 Å². The fourth-order valence-electron chi connectivity index (χ4n) is 3.19. The van der Waals surface area contributed by atoms with Gasteiger partial charge in [-0.3, -0.25) is 4.79 Å². The second-order valence-corrected chi connectivity index (χ2v) is 6.00. The Balaban J connectivity index is 0.00000208. The van der Waals surface area contributed by atoms with Gasteiger partial charge in [-0.25, -0.2) is 4.39 Å². The Labute approximate surface area is 147 Å². The number of carbonyl (C=O) groups excluding carboxylic acids is 1. The number of carbonyl (C=O) groups is 1. The Morgan fingerprint density at radius 2 is 1.96 bits per heavy atom. The first-order valence-corrected chi connectivity index (χ1v) is 8.04. The van der Waals surface area contributed by atoms with Crippen LogP contribution >= 0.6 is 12.4 Å². The molecule has 1 saturated carbocycles. The van der Waals surface area contributed by atoms with Crippen LogP contribution in [0.5, 0.6) is 0 Å². The first kappa shape index (κ1) is 18.5. The van der Waals surface area contributed by atoms with Gasteiger partial charge in [-0.05, 0) is 49.6 Å². The van der Waals surface area contributed by atoms with Crippen LogP contribution in [-0.2, 0) is 0 Å². The van der Waals surface area contributed by atoms with Crippen molar-refractivity contribution < 1.29 is 13.6 Å². The molecule has 4 nitrogen and oxygen atoms in total. The standard InChI is InChI=1S/C18H21FN2O2.ClH/c19-14-7-3-2-6-13(14)16-9-10-17(23-16)18(22)21-15-8-4-1-5-12(15)11-20;/h2-3,6-7,9-10,12,15H,1,4-5,8,11,20H2,(H,21,22);1H. The average Bonchev–Trinajstić information content (AvgIpc) is 3.05. The molecule has 0 bridgehead atoms. The molecule has 6 heteroatoms. The second kappa shape index (κ2) is 8.31. The molecule has 1 amide bonds. The Hall–Kier alpha value is -1.85. The van der Waals surface area contributed by atoms with Gasteiger partial charge in [0, 0.05) is 6.04 Å². The highest BCUT2D eigenvalue weighted by Gasteiger charge is 2.26. The second-order valence-electron chi connectivity index (χ2n) is 6.00. The molecule has 1 aromatic heterocycles. The van der Waals surface area contributed by atoms with E-state index < -0.39 is 0 Å². The van der Waals surface area contributed by atoms with Gasteiger partial charge in [-0.2, -0.15) is 0 Å². The molecule has 0 aliphatic heterocycles. The monoisotopic (exact) mass is 352 g/mol. The van der Waals surface area contributed by atoms with Crippen LogP contribution in [0.4, 0.5) is 4.39 Å². The number of halogens is 2. The Morgan fingerprint density at radius 1 is 1.21 bits per heavy atom. The minimum atomic E-state index is -0.371. The number of benzene rings is 1. The Bertz CT molecular complexity index is 689. The maximum absolute atomic E-state index is 13.8. The quantitative estimate of drug-likeness (QED) is 0.880. The van der Waals surface area contributed by atoms with Gasteiger partial charge in [0.15, 0.2) is 5.76 Å². The van der Waals surface area contributed by atoms with E-state index in [0.29, 0.717) is 23.8 Å². The first-order valence-electron chi connectivity index (χ1n) is 8.04. The van der Waals surface area contributed by atoms with Crippen molar-refractivity contribution in [3.8, 4) is 11.3 Å². The van der Waals surface area contributed by atoms with Crippen molar-refractivity contribution in [2.75, 3.05) is 6.54 Å². The third-order valence-corrected chi connectivity index (χ3v) is 4.50. The molecule has 1 aliphatic rings. The number of nitrogens with two attached hydrogens (primary N) is 1. The SMILES string of the molecule is Cl.NCC1CCCCC1NC(=O)c1ccc(-c2ccccc2F)o1. The molecule has 3 N–H and O–H groups in total. The van der Waals surface area contributed by atoms with E-state index in [1.165, 1.54) is 6.07 Å². The average molecular weight is 353 g/mol. The fraction of sp³-hybridized carbons (Fsp3) is 0.389. The minimum Gasteiger partial charge on any atom is -0.451 e. The van der Waals surface area contributed by atoms with Crippen LogP contribution in [0.25, 0.3) is 11.3 Å². The molecule has 1 aromatic carbocycles. The minimum absolute atomic E-state index is 0. The van der Waals surface area contributed by atoms with Gasteiger partial charge in [0.2, 0.25) is 0 Å². The van der Waals surface area contributed by atoms with E-state index in [1.54, 1.807) is 30.3 Å². The van der Waals surface area contributed by atoms with E-state index in [-0.39, 0.29) is 35.9 Å². The smallest absolute Gasteiger partial charge is 0.287 e. The fourth-order valence-corrected chi connectivity index (χ4v) is 3.19. The maximum Gasteiger partial charge on any atom is 0.287 e. The lowest BCUT2D eigenvalue weighted by molar-refractivity contribution is 0.0880. The number of furan rings is 1. The van der Waals surface area contributed by atoms with Crippen LogP contribution in [0.1, 0.15) is 36.2 Å². The lowest BCUT2D eigenvalue weighted by Crippen LogP contribution is -2.44. The molecular formula is C18H22ClFN2O2. The summed E-state index contributed by atoms with van der Waals surface area (Å²) in [5, 5.41) is 3.01. The zero-order valence-corrected chi connectivity index (χ0v) is 14.2. The van der Waals surface area contributed by atoms with E-state index in [9.17, 15) is 9.18 Å². The normalized spacial score (nSPS) is 20.2. The summed E-state index contributed by atoms with van der Waals surface area (Å²) in [4.78, 5) is 12.4.